The van der Waals surface area contributed by atoms with Gasteiger partial charge in [0.15, 0.2) is 0 Å². The molecule has 0 unspecified atom stereocenters. The maximum atomic E-state index is 10.6. The topological polar surface area (TPSA) is 37.3 Å². The smallest absolute Gasteiger partial charge is 0.307 e. The van der Waals surface area contributed by atoms with Crippen LogP contribution in [0, 0.1) is 0 Å². The second-order valence-corrected chi connectivity index (χ2v) is 3.79. The zero-order valence-electron chi connectivity index (χ0n) is 7.68. The van der Waals surface area contributed by atoms with Gasteiger partial charge in [0.1, 0.15) is 0 Å². The normalized spacial score (nSPS) is 10.2. The first-order valence-electron chi connectivity index (χ1n) is 4.23. The Hall–Kier alpha value is -0.730. The third kappa shape index (κ3) is 2.63. The summed E-state index contributed by atoms with van der Waals surface area (Å²) < 4.78 is 0. The number of aryl methyl sites for hydroxylation is 1. The van der Waals surface area contributed by atoms with Crippen LogP contribution in [-0.4, -0.2) is 11.1 Å². The minimum absolute atomic E-state index is 0.0564. The van der Waals surface area contributed by atoms with Crippen molar-refractivity contribution in [2.75, 3.05) is 0 Å². The highest BCUT2D eigenvalue weighted by molar-refractivity contribution is 6.35. The predicted molar refractivity (Wildman–Crippen MR) is 57.2 cm³/mol. The summed E-state index contributed by atoms with van der Waals surface area (Å²) in [5.41, 5.74) is 1.55. The summed E-state index contributed by atoms with van der Waals surface area (Å²) in [6.45, 7) is 1.94. The summed E-state index contributed by atoms with van der Waals surface area (Å²) in [4.78, 5) is 10.6. The standard InChI is InChI=1S/C10H10Cl2O2/c1-2-6-3-7(11)4-9(12)8(6)5-10(13)14/h3-4H,2,5H2,1H3,(H,13,14). The van der Waals surface area contributed by atoms with E-state index < -0.39 is 5.97 Å². The average molecular weight is 233 g/mol. The number of hydrogen-bond acceptors (Lipinski definition) is 1. The van der Waals surface area contributed by atoms with Gasteiger partial charge in [-0.05, 0) is 29.7 Å². The molecule has 0 saturated carbocycles. The van der Waals surface area contributed by atoms with Crippen LogP contribution in [0.2, 0.25) is 10.0 Å². The van der Waals surface area contributed by atoms with E-state index in [2.05, 4.69) is 0 Å². The molecular weight excluding hydrogens is 223 g/mol. The fourth-order valence-electron chi connectivity index (χ4n) is 1.32. The summed E-state index contributed by atoms with van der Waals surface area (Å²) in [5, 5.41) is 9.66. The summed E-state index contributed by atoms with van der Waals surface area (Å²) in [7, 11) is 0. The molecule has 0 aliphatic carbocycles. The Balaban J connectivity index is 3.18. The summed E-state index contributed by atoms with van der Waals surface area (Å²) in [6, 6.07) is 3.33. The first kappa shape index (κ1) is 11.3. The van der Waals surface area contributed by atoms with Crippen molar-refractivity contribution in [1.29, 1.82) is 0 Å². The second kappa shape index (κ2) is 4.67. The first-order chi connectivity index (χ1) is 6.54. The highest BCUT2D eigenvalue weighted by atomic mass is 35.5. The quantitative estimate of drug-likeness (QED) is 0.870. The van der Waals surface area contributed by atoms with Crippen LogP contribution in [0.25, 0.3) is 0 Å². The molecule has 0 bridgehead atoms. The van der Waals surface area contributed by atoms with E-state index in [1.807, 2.05) is 6.92 Å². The van der Waals surface area contributed by atoms with Crippen LogP contribution in [0.3, 0.4) is 0 Å². The largest absolute Gasteiger partial charge is 0.481 e. The van der Waals surface area contributed by atoms with Crippen molar-refractivity contribution in [2.45, 2.75) is 19.8 Å². The van der Waals surface area contributed by atoms with E-state index in [-0.39, 0.29) is 6.42 Å². The van der Waals surface area contributed by atoms with Crippen LogP contribution >= 0.6 is 23.2 Å². The van der Waals surface area contributed by atoms with E-state index in [9.17, 15) is 4.79 Å². The number of carboxylic acids is 1. The van der Waals surface area contributed by atoms with Crippen LogP contribution in [0.4, 0.5) is 0 Å². The number of hydrogen-bond donors (Lipinski definition) is 1. The molecule has 0 aromatic heterocycles. The Morgan fingerprint density at radius 3 is 2.57 bits per heavy atom. The van der Waals surface area contributed by atoms with Crippen molar-refractivity contribution < 1.29 is 9.90 Å². The molecule has 0 spiro atoms. The van der Waals surface area contributed by atoms with Gasteiger partial charge in [-0.3, -0.25) is 4.79 Å². The van der Waals surface area contributed by atoms with Gasteiger partial charge < -0.3 is 5.11 Å². The molecule has 1 aromatic rings. The fraction of sp³-hybridized carbons (Fsp3) is 0.300. The first-order valence-corrected chi connectivity index (χ1v) is 4.98. The Kier molecular flexibility index (Phi) is 3.78. The summed E-state index contributed by atoms with van der Waals surface area (Å²) in [6.07, 6.45) is 0.669. The highest BCUT2D eigenvalue weighted by Gasteiger charge is 2.11. The molecule has 0 fully saturated rings. The summed E-state index contributed by atoms with van der Waals surface area (Å²) >= 11 is 11.7. The number of carboxylic acid groups (broad SMARTS) is 1. The van der Waals surface area contributed by atoms with Crippen molar-refractivity contribution in [3.05, 3.63) is 33.3 Å². The van der Waals surface area contributed by atoms with Crippen molar-refractivity contribution in [3.63, 3.8) is 0 Å². The van der Waals surface area contributed by atoms with Crippen molar-refractivity contribution in [1.82, 2.24) is 0 Å². The Morgan fingerprint density at radius 1 is 1.43 bits per heavy atom. The third-order valence-electron chi connectivity index (χ3n) is 1.96. The summed E-state index contributed by atoms with van der Waals surface area (Å²) in [5.74, 6) is -0.885. The molecule has 0 saturated heterocycles. The Morgan fingerprint density at radius 2 is 2.07 bits per heavy atom. The molecule has 0 aliphatic heterocycles. The molecule has 0 radical (unpaired) electrons. The van der Waals surface area contributed by atoms with E-state index >= 15 is 0 Å². The number of rotatable bonds is 3. The van der Waals surface area contributed by atoms with Crippen molar-refractivity contribution in [3.8, 4) is 0 Å². The van der Waals surface area contributed by atoms with Crippen molar-refractivity contribution >= 4 is 29.2 Å². The lowest BCUT2D eigenvalue weighted by Crippen LogP contribution is -2.04. The Labute approximate surface area is 92.5 Å². The van der Waals surface area contributed by atoms with Crippen molar-refractivity contribution in [2.24, 2.45) is 0 Å². The third-order valence-corrected chi connectivity index (χ3v) is 2.52. The minimum atomic E-state index is -0.885. The molecule has 76 valence electrons. The number of carbonyl (C=O) groups is 1. The molecule has 0 aliphatic rings. The van der Waals surface area contributed by atoms with Crippen LogP contribution in [0.1, 0.15) is 18.1 Å². The molecular formula is C10H10Cl2O2. The van der Waals surface area contributed by atoms with E-state index in [0.717, 1.165) is 12.0 Å². The lowest BCUT2D eigenvalue weighted by atomic mass is 10.0. The molecule has 14 heavy (non-hydrogen) atoms. The molecule has 4 heteroatoms. The molecule has 1 aromatic carbocycles. The molecule has 1 N–H and O–H groups in total. The van der Waals surface area contributed by atoms with E-state index in [1.165, 1.54) is 0 Å². The highest BCUT2D eigenvalue weighted by Crippen LogP contribution is 2.26. The molecule has 0 heterocycles. The second-order valence-electron chi connectivity index (χ2n) is 2.95. The van der Waals surface area contributed by atoms with E-state index in [0.29, 0.717) is 15.6 Å². The maximum absolute atomic E-state index is 10.6. The van der Waals surface area contributed by atoms with Crippen LogP contribution in [0.15, 0.2) is 12.1 Å². The van der Waals surface area contributed by atoms with Crippen LogP contribution in [-0.2, 0) is 17.6 Å². The van der Waals surface area contributed by atoms with Gasteiger partial charge in [0, 0.05) is 10.0 Å². The molecule has 2 nitrogen and oxygen atoms in total. The van der Waals surface area contributed by atoms with Gasteiger partial charge in [0.2, 0.25) is 0 Å². The van der Waals surface area contributed by atoms with Gasteiger partial charge in [0.25, 0.3) is 0 Å². The van der Waals surface area contributed by atoms with Crippen LogP contribution in [0.5, 0.6) is 0 Å². The van der Waals surface area contributed by atoms with E-state index in [1.54, 1.807) is 12.1 Å². The predicted octanol–water partition coefficient (Wildman–Crippen LogP) is 3.18. The van der Waals surface area contributed by atoms with Crippen LogP contribution < -0.4 is 0 Å². The minimum Gasteiger partial charge on any atom is -0.481 e. The monoisotopic (exact) mass is 232 g/mol. The lowest BCUT2D eigenvalue weighted by Gasteiger charge is -2.08. The molecule has 0 atom stereocenters. The molecule has 0 amide bonds. The number of halogens is 2. The van der Waals surface area contributed by atoms with Gasteiger partial charge in [0.05, 0.1) is 6.42 Å². The fourth-order valence-corrected chi connectivity index (χ4v) is 1.92. The molecule has 1 rings (SSSR count). The van der Waals surface area contributed by atoms with Gasteiger partial charge >= 0.3 is 5.97 Å². The maximum Gasteiger partial charge on any atom is 0.307 e. The number of aliphatic carboxylic acids is 1. The Bertz CT molecular complexity index is 361. The lowest BCUT2D eigenvalue weighted by molar-refractivity contribution is -0.136. The zero-order chi connectivity index (χ0) is 10.7. The number of benzene rings is 1. The SMILES string of the molecule is CCc1cc(Cl)cc(Cl)c1CC(=O)O. The average Bonchev–Trinajstić information content (AvgIpc) is 2.08. The van der Waals surface area contributed by atoms with Gasteiger partial charge in [-0.15, -0.1) is 0 Å². The van der Waals surface area contributed by atoms with Gasteiger partial charge in [-0.1, -0.05) is 30.1 Å². The zero-order valence-corrected chi connectivity index (χ0v) is 9.19. The van der Waals surface area contributed by atoms with Gasteiger partial charge in [-0.2, -0.15) is 0 Å². The van der Waals surface area contributed by atoms with Gasteiger partial charge in [-0.25, -0.2) is 0 Å². The van der Waals surface area contributed by atoms with E-state index in [4.69, 9.17) is 28.3 Å².